The zero-order chi connectivity index (χ0) is 9.42. The van der Waals surface area contributed by atoms with Crippen LogP contribution in [0.15, 0.2) is 22.4 Å². The number of thiophene rings is 1. The monoisotopic (exact) mass is 216 g/mol. The van der Waals surface area contributed by atoms with Crippen molar-refractivity contribution in [1.29, 1.82) is 0 Å². The summed E-state index contributed by atoms with van der Waals surface area (Å²) in [5.74, 6) is -0.944. The van der Waals surface area contributed by atoms with Crippen LogP contribution in [-0.2, 0) is 0 Å². The number of hydrogen-bond donors (Lipinski definition) is 0. The standard InChI is InChI=1S/C9H6F2S2/c1-12-7-3-2-5(10)8-6(11)4-13-9(7)8/h2-4H,1H3. The lowest BCUT2D eigenvalue weighted by Crippen LogP contribution is -1.79. The molecule has 0 aliphatic heterocycles. The predicted molar refractivity (Wildman–Crippen MR) is 53.5 cm³/mol. The Kier molecular flexibility index (Phi) is 2.26. The second-order valence-corrected chi connectivity index (χ2v) is 4.27. The van der Waals surface area contributed by atoms with Gasteiger partial charge in [-0.2, -0.15) is 0 Å². The van der Waals surface area contributed by atoms with Crippen molar-refractivity contribution in [3.63, 3.8) is 0 Å². The summed E-state index contributed by atoms with van der Waals surface area (Å²) in [4.78, 5) is 0.922. The van der Waals surface area contributed by atoms with Crippen LogP contribution in [0.4, 0.5) is 8.78 Å². The third-order valence-electron chi connectivity index (χ3n) is 1.81. The molecule has 0 saturated carbocycles. The van der Waals surface area contributed by atoms with Gasteiger partial charge in [-0.25, -0.2) is 8.78 Å². The molecule has 0 aliphatic carbocycles. The number of benzene rings is 1. The highest BCUT2D eigenvalue weighted by atomic mass is 32.2. The lowest BCUT2D eigenvalue weighted by molar-refractivity contribution is 0.610. The maximum atomic E-state index is 13.2. The van der Waals surface area contributed by atoms with Gasteiger partial charge in [0.05, 0.1) is 10.1 Å². The molecule has 1 aromatic heterocycles. The Morgan fingerprint density at radius 2 is 2.00 bits per heavy atom. The van der Waals surface area contributed by atoms with Crippen LogP contribution in [0.1, 0.15) is 0 Å². The topological polar surface area (TPSA) is 0 Å². The second-order valence-electron chi connectivity index (χ2n) is 2.54. The van der Waals surface area contributed by atoms with Crippen molar-refractivity contribution < 1.29 is 8.78 Å². The molecule has 2 aromatic rings. The normalized spacial score (nSPS) is 11.0. The Bertz CT molecular complexity index is 448. The zero-order valence-electron chi connectivity index (χ0n) is 6.80. The molecule has 0 amide bonds. The van der Waals surface area contributed by atoms with Gasteiger partial charge in [0.1, 0.15) is 11.6 Å². The molecule has 0 atom stereocenters. The zero-order valence-corrected chi connectivity index (χ0v) is 8.44. The summed E-state index contributed by atoms with van der Waals surface area (Å²) >= 11 is 2.74. The number of thioether (sulfide) groups is 1. The fraction of sp³-hybridized carbons (Fsp3) is 0.111. The maximum absolute atomic E-state index is 13.2. The van der Waals surface area contributed by atoms with Crippen LogP contribution in [0, 0.1) is 11.6 Å². The summed E-state index contributed by atoms with van der Waals surface area (Å²) in [6.07, 6.45) is 1.89. The molecule has 2 rings (SSSR count). The van der Waals surface area contributed by atoms with Gasteiger partial charge in [0.25, 0.3) is 0 Å². The first-order valence-electron chi connectivity index (χ1n) is 3.63. The van der Waals surface area contributed by atoms with Gasteiger partial charge >= 0.3 is 0 Å². The van der Waals surface area contributed by atoms with Crippen molar-refractivity contribution in [2.75, 3.05) is 6.26 Å². The van der Waals surface area contributed by atoms with Crippen LogP contribution in [0.3, 0.4) is 0 Å². The SMILES string of the molecule is CSc1ccc(F)c2c(F)csc12. The van der Waals surface area contributed by atoms with Gasteiger partial charge in [0.15, 0.2) is 0 Å². The molecule has 1 aromatic carbocycles. The van der Waals surface area contributed by atoms with E-state index in [2.05, 4.69) is 0 Å². The molecule has 13 heavy (non-hydrogen) atoms. The van der Waals surface area contributed by atoms with E-state index >= 15 is 0 Å². The average molecular weight is 216 g/mol. The lowest BCUT2D eigenvalue weighted by atomic mass is 10.2. The van der Waals surface area contributed by atoms with Crippen LogP contribution < -0.4 is 0 Å². The number of halogens is 2. The van der Waals surface area contributed by atoms with Crippen LogP contribution in [0.25, 0.3) is 10.1 Å². The fourth-order valence-electron chi connectivity index (χ4n) is 1.21. The van der Waals surface area contributed by atoms with Crippen molar-refractivity contribution >= 4 is 33.2 Å². The summed E-state index contributed by atoms with van der Waals surface area (Å²) < 4.78 is 26.9. The van der Waals surface area contributed by atoms with E-state index in [1.54, 1.807) is 6.07 Å². The summed E-state index contributed by atoms with van der Waals surface area (Å²) in [7, 11) is 0. The summed E-state index contributed by atoms with van der Waals surface area (Å²) in [5.41, 5.74) is 0. The quantitative estimate of drug-likeness (QED) is 0.651. The highest BCUT2D eigenvalue weighted by Gasteiger charge is 2.11. The Morgan fingerprint density at radius 1 is 1.23 bits per heavy atom. The fourth-order valence-corrected chi connectivity index (χ4v) is 2.93. The molecule has 0 radical (unpaired) electrons. The molecule has 0 bridgehead atoms. The Balaban J connectivity index is 2.87. The molecular formula is C9H6F2S2. The van der Waals surface area contributed by atoms with Gasteiger partial charge in [-0.3, -0.25) is 0 Å². The van der Waals surface area contributed by atoms with Crippen LogP contribution >= 0.6 is 23.1 Å². The molecule has 0 unspecified atom stereocenters. The first kappa shape index (κ1) is 8.97. The largest absolute Gasteiger partial charge is 0.206 e. The minimum Gasteiger partial charge on any atom is -0.206 e. The highest BCUT2D eigenvalue weighted by molar-refractivity contribution is 7.99. The molecule has 0 aliphatic rings. The van der Waals surface area contributed by atoms with E-state index in [4.69, 9.17) is 0 Å². The Hall–Kier alpha value is -0.610. The van der Waals surface area contributed by atoms with Crippen LogP contribution in [-0.4, -0.2) is 6.26 Å². The number of fused-ring (bicyclic) bond motifs is 1. The molecule has 0 saturated heterocycles. The van der Waals surface area contributed by atoms with Gasteiger partial charge in [-0.15, -0.1) is 23.1 Å². The van der Waals surface area contributed by atoms with Crippen molar-refractivity contribution in [2.24, 2.45) is 0 Å². The summed E-state index contributed by atoms with van der Waals surface area (Å²) in [6.45, 7) is 0. The van der Waals surface area contributed by atoms with Crippen molar-refractivity contribution in [2.45, 2.75) is 4.90 Å². The maximum Gasteiger partial charge on any atom is 0.144 e. The molecule has 0 fully saturated rings. The van der Waals surface area contributed by atoms with E-state index in [9.17, 15) is 8.78 Å². The van der Waals surface area contributed by atoms with Gasteiger partial charge in [0, 0.05) is 10.3 Å². The minimum atomic E-state index is -0.480. The molecule has 0 N–H and O–H groups in total. The van der Waals surface area contributed by atoms with Crippen molar-refractivity contribution in [3.05, 3.63) is 29.1 Å². The van der Waals surface area contributed by atoms with Crippen molar-refractivity contribution in [3.8, 4) is 0 Å². The lowest BCUT2D eigenvalue weighted by Gasteiger charge is -1.98. The highest BCUT2D eigenvalue weighted by Crippen LogP contribution is 2.34. The minimum absolute atomic E-state index is 0.122. The molecule has 68 valence electrons. The van der Waals surface area contributed by atoms with Crippen molar-refractivity contribution in [1.82, 2.24) is 0 Å². The second kappa shape index (κ2) is 3.27. The molecule has 0 nitrogen and oxygen atoms in total. The Morgan fingerprint density at radius 3 is 2.69 bits per heavy atom. The van der Waals surface area contributed by atoms with Crippen LogP contribution in [0.2, 0.25) is 0 Å². The Labute approximate surface area is 82.6 Å². The molecule has 1 heterocycles. The molecular weight excluding hydrogens is 210 g/mol. The first-order chi connectivity index (χ1) is 6.24. The van der Waals surface area contributed by atoms with E-state index in [1.165, 1.54) is 34.5 Å². The van der Waals surface area contributed by atoms with Crippen LogP contribution in [0.5, 0.6) is 0 Å². The van der Waals surface area contributed by atoms with Gasteiger partial charge < -0.3 is 0 Å². The molecule has 4 heteroatoms. The predicted octanol–water partition coefficient (Wildman–Crippen LogP) is 3.90. The number of hydrogen-bond acceptors (Lipinski definition) is 2. The van der Waals surface area contributed by atoms with E-state index in [-0.39, 0.29) is 5.39 Å². The van der Waals surface area contributed by atoms with E-state index in [1.807, 2.05) is 6.26 Å². The number of rotatable bonds is 1. The smallest absolute Gasteiger partial charge is 0.144 e. The van der Waals surface area contributed by atoms with Gasteiger partial charge in [-0.05, 0) is 18.4 Å². The van der Waals surface area contributed by atoms with Gasteiger partial charge in [0.2, 0.25) is 0 Å². The van der Waals surface area contributed by atoms with E-state index in [0.29, 0.717) is 4.70 Å². The summed E-state index contributed by atoms with van der Waals surface area (Å²) in [5, 5.41) is 1.46. The third kappa shape index (κ3) is 1.34. The third-order valence-corrected chi connectivity index (χ3v) is 3.70. The average Bonchev–Trinajstić information content (AvgIpc) is 2.50. The summed E-state index contributed by atoms with van der Waals surface area (Å²) in [6, 6.07) is 2.99. The van der Waals surface area contributed by atoms with Gasteiger partial charge in [-0.1, -0.05) is 0 Å². The van der Waals surface area contributed by atoms with E-state index in [0.717, 1.165) is 4.90 Å². The van der Waals surface area contributed by atoms with E-state index < -0.39 is 11.6 Å². The molecule has 0 spiro atoms. The first-order valence-corrected chi connectivity index (χ1v) is 5.73.